The zero-order chi connectivity index (χ0) is 6.69. The summed E-state index contributed by atoms with van der Waals surface area (Å²) in [6.45, 7) is 2.13. The lowest BCUT2D eigenvalue weighted by atomic mass is 10.0. The number of hydrogen-bond donors (Lipinski definition) is 0. The molecule has 1 nitrogen and oxygen atoms in total. The van der Waals surface area contributed by atoms with Crippen molar-refractivity contribution in [3.8, 4) is 0 Å². The van der Waals surface area contributed by atoms with E-state index in [1.165, 1.54) is 5.57 Å². The molecule has 9 heavy (non-hydrogen) atoms. The van der Waals surface area contributed by atoms with Crippen LogP contribution in [0.2, 0.25) is 0 Å². The van der Waals surface area contributed by atoms with Crippen LogP contribution in [0.25, 0.3) is 0 Å². The second-order valence-electron chi connectivity index (χ2n) is 2.76. The highest BCUT2D eigenvalue weighted by molar-refractivity contribution is 5.50. The Morgan fingerprint density at radius 2 is 2.67 bits per heavy atom. The average Bonchev–Trinajstić information content (AvgIpc) is 2.17. The summed E-state index contributed by atoms with van der Waals surface area (Å²) >= 11 is 0. The Bertz CT molecular complexity index is 136. The number of allylic oxidation sites excluding steroid dienone is 2. The van der Waals surface area contributed by atoms with E-state index in [-0.39, 0.29) is 0 Å². The summed E-state index contributed by atoms with van der Waals surface area (Å²) in [6.07, 6.45) is 6.25. The highest BCUT2D eigenvalue weighted by Gasteiger charge is 2.12. The van der Waals surface area contributed by atoms with E-state index in [1.807, 2.05) is 0 Å². The second kappa shape index (κ2) is 2.81. The molecule has 0 saturated carbocycles. The van der Waals surface area contributed by atoms with Gasteiger partial charge in [-0.2, -0.15) is 0 Å². The van der Waals surface area contributed by atoms with Crippen molar-refractivity contribution >= 4 is 6.29 Å². The van der Waals surface area contributed by atoms with Crippen molar-refractivity contribution in [1.29, 1.82) is 0 Å². The number of hydrogen-bond acceptors (Lipinski definition) is 1. The normalized spacial score (nSPS) is 25.9. The Morgan fingerprint density at radius 3 is 3.11 bits per heavy atom. The summed E-state index contributed by atoms with van der Waals surface area (Å²) in [6, 6.07) is 0. The number of rotatable bonds is 2. The molecule has 1 aliphatic rings. The van der Waals surface area contributed by atoms with Gasteiger partial charge in [-0.1, -0.05) is 11.6 Å². The van der Waals surface area contributed by atoms with Gasteiger partial charge in [0.2, 0.25) is 0 Å². The lowest BCUT2D eigenvalue weighted by molar-refractivity contribution is -0.108. The van der Waals surface area contributed by atoms with Crippen molar-refractivity contribution in [2.75, 3.05) is 0 Å². The van der Waals surface area contributed by atoms with Crippen LogP contribution in [-0.4, -0.2) is 6.29 Å². The van der Waals surface area contributed by atoms with E-state index in [0.717, 1.165) is 25.5 Å². The Kier molecular flexibility index (Phi) is 2.04. The van der Waals surface area contributed by atoms with Crippen molar-refractivity contribution < 1.29 is 4.79 Å². The third-order valence-electron chi connectivity index (χ3n) is 1.84. The Hall–Kier alpha value is -0.590. The largest absolute Gasteiger partial charge is 0.303 e. The maximum Gasteiger partial charge on any atom is 0.120 e. The van der Waals surface area contributed by atoms with Crippen LogP contribution in [0.15, 0.2) is 11.6 Å². The predicted molar refractivity (Wildman–Crippen MR) is 37.2 cm³/mol. The summed E-state index contributed by atoms with van der Waals surface area (Å²) in [7, 11) is 0. The molecule has 1 unspecified atom stereocenters. The van der Waals surface area contributed by atoms with Gasteiger partial charge in [-0.3, -0.25) is 0 Å². The SMILES string of the molecule is CC1=CCC(CC=O)C1. The maximum atomic E-state index is 10.0. The lowest BCUT2D eigenvalue weighted by Crippen LogP contribution is -1.93. The highest BCUT2D eigenvalue weighted by Crippen LogP contribution is 2.25. The van der Waals surface area contributed by atoms with Gasteiger partial charge in [-0.15, -0.1) is 0 Å². The molecule has 0 bridgehead atoms. The fourth-order valence-corrected chi connectivity index (χ4v) is 1.31. The Labute approximate surface area is 55.8 Å². The van der Waals surface area contributed by atoms with Gasteiger partial charge in [0, 0.05) is 6.42 Å². The molecule has 0 aliphatic heterocycles. The molecule has 0 spiro atoms. The fraction of sp³-hybridized carbons (Fsp3) is 0.625. The van der Waals surface area contributed by atoms with Crippen LogP contribution in [-0.2, 0) is 4.79 Å². The van der Waals surface area contributed by atoms with Gasteiger partial charge >= 0.3 is 0 Å². The minimum atomic E-state index is 0.627. The zero-order valence-corrected chi connectivity index (χ0v) is 5.76. The first-order chi connectivity index (χ1) is 4.33. The molecule has 1 atom stereocenters. The van der Waals surface area contributed by atoms with Gasteiger partial charge in [0.05, 0.1) is 0 Å². The van der Waals surface area contributed by atoms with Crippen LogP contribution < -0.4 is 0 Å². The molecule has 1 heteroatoms. The molecule has 0 aromatic carbocycles. The van der Waals surface area contributed by atoms with Gasteiger partial charge in [0.15, 0.2) is 0 Å². The van der Waals surface area contributed by atoms with E-state index in [4.69, 9.17) is 0 Å². The topological polar surface area (TPSA) is 17.1 Å². The summed E-state index contributed by atoms with van der Waals surface area (Å²) in [5, 5.41) is 0. The molecular weight excluding hydrogens is 112 g/mol. The van der Waals surface area contributed by atoms with Gasteiger partial charge in [0.25, 0.3) is 0 Å². The first-order valence-electron chi connectivity index (χ1n) is 3.42. The van der Waals surface area contributed by atoms with Crippen molar-refractivity contribution in [2.24, 2.45) is 5.92 Å². The zero-order valence-electron chi connectivity index (χ0n) is 5.76. The Balaban J connectivity index is 2.28. The number of carbonyl (C=O) groups is 1. The van der Waals surface area contributed by atoms with Crippen LogP contribution in [0.4, 0.5) is 0 Å². The standard InChI is InChI=1S/C8H12O/c1-7-2-3-8(6-7)4-5-9/h2,5,8H,3-4,6H2,1H3. The van der Waals surface area contributed by atoms with Crippen LogP contribution in [0, 0.1) is 5.92 Å². The first-order valence-corrected chi connectivity index (χ1v) is 3.42. The fourth-order valence-electron chi connectivity index (χ4n) is 1.31. The lowest BCUT2D eigenvalue weighted by Gasteiger charge is -2.01. The van der Waals surface area contributed by atoms with Gasteiger partial charge in [-0.25, -0.2) is 0 Å². The predicted octanol–water partition coefficient (Wildman–Crippen LogP) is 1.93. The summed E-state index contributed by atoms with van der Waals surface area (Å²) in [5.74, 6) is 0.627. The summed E-state index contributed by atoms with van der Waals surface area (Å²) in [5.41, 5.74) is 1.45. The average molecular weight is 124 g/mol. The molecule has 0 radical (unpaired) electrons. The highest BCUT2D eigenvalue weighted by atomic mass is 16.1. The number of carbonyl (C=O) groups excluding carboxylic acids is 1. The minimum absolute atomic E-state index is 0.627. The van der Waals surface area contributed by atoms with E-state index in [2.05, 4.69) is 13.0 Å². The van der Waals surface area contributed by atoms with Crippen LogP contribution in [0.1, 0.15) is 26.2 Å². The van der Waals surface area contributed by atoms with E-state index >= 15 is 0 Å². The third-order valence-corrected chi connectivity index (χ3v) is 1.84. The van der Waals surface area contributed by atoms with Crippen LogP contribution >= 0.6 is 0 Å². The molecule has 0 saturated heterocycles. The molecular formula is C8H12O. The van der Waals surface area contributed by atoms with Gasteiger partial charge in [-0.05, 0) is 25.7 Å². The molecule has 0 N–H and O–H groups in total. The molecule has 0 aromatic heterocycles. The van der Waals surface area contributed by atoms with E-state index in [0.29, 0.717) is 5.92 Å². The van der Waals surface area contributed by atoms with Crippen molar-refractivity contribution in [3.05, 3.63) is 11.6 Å². The van der Waals surface area contributed by atoms with Crippen molar-refractivity contribution in [1.82, 2.24) is 0 Å². The van der Waals surface area contributed by atoms with E-state index in [1.54, 1.807) is 0 Å². The smallest absolute Gasteiger partial charge is 0.120 e. The first kappa shape index (κ1) is 6.53. The maximum absolute atomic E-state index is 10.0. The van der Waals surface area contributed by atoms with Gasteiger partial charge < -0.3 is 4.79 Å². The third kappa shape index (κ3) is 1.67. The summed E-state index contributed by atoms with van der Waals surface area (Å²) < 4.78 is 0. The molecule has 0 aromatic rings. The van der Waals surface area contributed by atoms with E-state index < -0.39 is 0 Å². The molecule has 50 valence electrons. The quantitative estimate of drug-likeness (QED) is 0.406. The van der Waals surface area contributed by atoms with Crippen LogP contribution in [0.5, 0.6) is 0 Å². The van der Waals surface area contributed by atoms with Gasteiger partial charge in [0.1, 0.15) is 6.29 Å². The Morgan fingerprint density at radius 1 is 1.89 bits per heavy atom. The monoisotopic (exact) mass is 124 g/mol. The van der Waals surface area contributed by atoms with E-state index in [9.17, 15) is 4.79 Å². The molecule has 1 rings (SSSR count). The van der Waals surface area contributed by atoms with Crippen molar-refractivity contribution in [3.63, 3.8) is 0 Å². The second-order valence-corrected chi connectivity index (χ2v) is 2.76. The van der Waals surface area contributed by atoms with Crippen LogP contribution in [0.3, 0.4) is 0 Å². The summed E-state index contributed by atoms with van der Waals surface area (Å²) in [4.78, 5) is 10.0. The molecule has 0 fully saturated rings. The molecule has 0 heterocycles. The minimum Gasteiger partial charge on any atom is -0.303 e. The molecule has 0 amide bonds. The van der Waals surface area contributed by atoms with Crippen molar-refractivity contribution in [2.45, 2.75) is 26.2 Å². The molecule has 1 aliphatic carbocycles. The number of aldehydes is 1.